The lowest BCUT2D eigenvalue weighted by molar-refractivity contribution is -0.129. The monoisotopic (exact) mass is 339 g/mol. The number of likely N-dealkylation sites (N-methyl/N-ethyl adjacent to an activating group) is 1. The Morgan fingerprint density at radius 1 is 1.08 bits per heavy atom. The van der Waals surface area contributed by atoms with E-state index in [0.717, 1.165) is 4.90 Å². The van der Waals surface area contributed by atoms with Crippen molar-refractivity contribution in [3.63, 3.8) is 0 Å². The minimum Gasteiger partial charge on any atom is -0.455 e. The molecule has 1 N–H and O–H groups in total. The molecule has 1 saturated heterocycles. The molecule has 1 fully saturated rings. The van der Waals surface area contributed by atoms with Crippen LogP contribution in [0.2, 0.25) is 0 Å². The molecular formula is C18H17N3O4. The van der Waals surface area contributed by atoms with E-state index in [-0.39, 0.29) is 13.1 Å². The first-order valence-corrected chi connectivity index (χ1v) is 7.72. The Morgan fingerprint density at radius 2 is 1.76 bits per heavy atom. The predicted molar refractivity (Wildman–Crippen MR) is 91.3 cm³/mol. The molecule has 1 aliphatic heterocycles. The lowest BCUT2D eigenvalue weighted by Gasteiger charge is -2.15. The van der Waals surface area contributed by atoms with Crippen molar-refractivity contribution in [2.45, 2.75) is 0 Å². The van der Waals surface area contributed by atoms with Crippen LogP contribution in [0.4, 0.5) is 10.5 Å². The van der Waals surface area contributed by atoms with Crippen LogP contribution in [-0.2, 0) is 9.59 Å². The summed E-state index contributed by atoms with van der Waals surface area (Å²) >= 11 is 0. The highest BCUT2D eigenvalue weighted by atomic mass is 16.5. The van der Waals surface area contributed by atoms with E-state index in [2.05, 4.69) is 5.32 Å². The summed E-state index contributed by atoms with van der Waals surface area (Å²) in [4.78, 5) is 38.0. The second-order valence-electron chi connectivity index (χ2n) is 5.58. The van der Waals surface area contributed by atoms with Crippen LogP contribution >= 0.6 is 0 Å². The molecule has 0 spiro atoms. The Hall–Kier alpha value is -3.35. The summed E-state index contributed by atoms with van der Waals surface area (Å²) in [7, 11) is 1.52. The molecule has 0 aliphatic carbocycles. The number of rotatable bonds is 5. The highest BCUT2D eigenvalue weighted by Crippen LogP contribution is 2.29. The Kier molecular flexibility index (Phi) is 4.65. The van der Waals surface area contributed by atoms with Crippen molar-refractivity contribution in [3.05, 3.63) is 54.6 Å². The molecule has 128 valence electrons. The third-order valence-corrected chi connectivity index (χ3v) is 3.66. The number of imide groups is 1. The number of hydrogen-bond donors (Lipinski definition) is 1. The van der Waals surface area contributed by atoms with Gasteiger partial charge in [0.05, 0.1) is 5.69 Å². The van der Waals surface area contributed by atoms with E-state index in [1.54, 1.807) is 36.4 Å². The smallest absolute Gasteiger partial charge is 0.327 e. The summed E-state index contributed by atoms with van der Waals surface area (Å²) in [6.45, 7) is -0.346. The third kappa shape index (κ3) is 3.77. The van der Waals surface area contributed by atoms with Gasteiger partial charge in [0, 0.05) is 7.05 Å². The number of carbonyl (C=O) groups excluding carboxylic acids is 3. The first kappa shape index (κ1) is 16.5. The Labute approximate surface area is 144 Å². The number of carbonyl (C=O) groups is 3. The molecule has 0 saturated carbocycles. The highest BCUT2D eigenvalue weighted by molar-refractivity contribution is 6.06. The molecule has 0 bridgehead atoms. The first-order chi connectivity index (χ1) is 12.0. The number of amides is 4. The van der Waals surface area contributed by atoms with E-state index in [1.807, 2.05) is 18.2 Å². The average Bonchev–Trinajstić information content (AvgIpc) is 2.84. The molecule has 25 heavy (non-hydrogen) atoms. The maximum absolute atomic E-state index is 12.2. The van der Waals surface area contributed by atoms with Crippen LogP contribution in [0, 0.1) is 0 Å². The van der Waals surface area contributed by atoms with Crippen LogP contribution in [-0.4, -0.2) is 47.8 Å². The fraction of sp³-hybridized carbons (Fsp3) is 0.167. The molecule has 4 amide bonds. The van der Waals surface area contributed by atoms with E-state index in [9.17, 15) is 14.4 Å². The maximum Gasteiger partial charge on any atom is 0.327 e. The van der Waals surface area contributed by atoms with Crippen molar-refractivity contribution in [1.82, 2.24) is 9.80 Å². The van der Waals surface area contributed by atoms with Crippen LogP contribution in [0.1, 0.15) is 0 Å². The summed E-state index contributed by atoms with van der Waals surface area (Å²) in [6, 6.07) is 15.7. The molecule has 2 aromatic rings. The fourth-order valence-electron chi connectivity index (χ4n) is 2.43. The molecule has 2 aromatic carbocycles. The van der Waals surface area contributed by atoms with Crippen molar-refractivity contribution in [1.29, 1.82) is 0 Å². The maximum atomic E-state index is 12.2. The number of nitrogens with one attached hydrogen (secondary N) is 1. The van der Waals surface area contributed by atoms with Gasteiger partial charge in [-0.2, -0.15) is 0 Å². The third-order valence-electron chi connectivity index (χ3n) is 3.66. The van der Waals surface area contributed by atoms with Gasteiger partial charge < -0.3 is 15.0 Å². The molecule has 0 atom stereocenters. The number of ether oxygens (including phenoxy) is 1. The zero-order valence-corrected chi connectivity index (χ0v) is 13.6. The topological polar surface area (TPSA) is 79.0 Å². The zero-order chi connectivity index (χ0) is 17.8. The van der Waals surface area contributed by atoms with Crippen molar-refractivity contribution >= 4 is 23.5 Å². The van der Waals surface area contributed by atoms with Gasteiger partial charge in [-0.05, 0) is 24.3 Å². The van der Waals surface area contributed by atoms with E-state index in [1.165, 1.54) is 11.9 Å². The molecule has 0 unspecified atom stereocenters. The number of hydrogen-bond acceptors (Lipinski definition) is 4. The molecule has 7 heteroatoms. The molecule has 0 radical (unpaired) electrons. The summed E-state index contributed by atoms with van der Waals surface area (Å²) in [6.07, 6.45) is 0. The van der Waals surface area contributed by atoms with Crippen molar-refractivity contribution < 1.29 is 19.1 Å². The predicted octanol–water partition coefficient (Wildman–Crippen LogP) is 2.31. The lowest BCUT2D eigenvalue weighted by Crippen LogP contribution is -2.38. The SMILES string of the molecule is CN1CC(=O)N(CC(=O)Nc2ccccc2Oc2ccccc2)C1=O. The van der Waals surface area contributed by atoms with Gasteiger partial charge in [0.15, 0.2) is 5.75 Å². The standard InChI is InChI=1S/C18H17N3O4/c1-20-12-17(23)21(18(20)24)11-16(22)19-14-9-5-6-10-15(14)25-13-7-3-2-4-8-13/h2-10H,11-12H2,1H3,(H,19,22). The van der Waals surface area contributed by atoms with Gasteiger partial charge in [0.1, 0.15) is 18.8 Å². The van der Waals surface area contributed by atoms with E-state index < -0.39 is 17.8 Å². The molecule has 7 nitrogen and oxygen atoms in total. The van der Waals surface area contributed by atoms with E-state index in [4.69, 9.17) is 4.74 Å². The normalized spacial score (nSPS) is 14.0. The van der Waals surface area contributed by atoms with Gasteiger partial charge in [-0.1, -0.05) is 30.3 Å². The van der Waals surface area contributed by atoms with Crippen LogP contribution in [0.25, 0.3) is 0 Å². The molecule has 1 heterocycles. The Bertz CT molecular complexity index is 807. The van der Waals surface area contributed by atoms with Crippen LogP contribution in [0.3, 0.4) is 0 Å². The summed E-state index contributed by atoms with van der Waals surface area (Å²) in [5.41, 5.74) is 0.462. The van der Waals surface area contributed by atoms with Crippen molar-refractivity contribution in [2.75, 3.05) is 25.5 Å². The van der Waals surface area contributed by atoms with Crippen molar-refractivity contribution in [2.24, 2.45) is 0 Å². The van der Waals surface area contributed by atoms with Crippen LogP contribution < -0.4 is 10.1 Å². The number of nitrogens with zero attached hydrogens (tertiary/aromatic N) is 2. The largest absolute Gasteiger partial charge is 0.455 e. The van der Waals surface area contributed by atoms with Crippen molar-refractivity contribution in [3.8, 4) is 11.5 Å². The molecule has 1 aliphatic rings. The van der Waals surface area contributed by atoms with Gasteiger partial charge in [-0.15, -0.1) is 0 Å². The highest BCUT2D eigenvalue weighted by Gasteiger charge is 2.34. The van der Waals surface area contributed by atoms with Gasteiger partial charge in [-0.25, -0.2) is 4.79 Å². The quantitative estimate of drug-likeness (QED) is 0.848. The summed E-state index contributed by atoms with van der Waals surface area (Å²) in [5, 5.41) is 2.69. The van der Waals surface area contributed by atoms with Crippen LogP contribution in [0.15, 0.2) is 54.6 Å². The second-order valence-corrected chi connectivity index (χ2v) is 5.58. The summed E-state index contributed by atoms with van der Waals surface area (Å²) in [5.74, 6) is 0.242. The van der Waals surface area contributed by atoms with E-state index in [0.29, 0.717) is 17.2 Å². The molecule has 0 aromatic heterocycles. The first-order valence-electron chi connectivity index (χ1n) is 7.72. The Balaban J connectivity index is 1.69. The average molecular weight is 339 g/mol. The number of urea groups is 1. The molecule has 3 rings (SSSR count). The number of para-hydroxylation sites is 3. The van der Waals surface area contributed by atoms with Gasteiger partial charge in [0.2, 0.25) is 5.91 Å². The second kappa shape index (κ2) is 7.04. The minimum absolute atomic E-state index is 0.0141. The lowest BCUT2D eigenvalue weighted by atomic mass is 10.2. The van der Waals surface area contributed by atoms with Gasteiger partial charge in [0.25, 0.3) is 5.91 Å². The Morgan fingerprint density at radius 3 is 2.44 bits per heavy atom. The van der Waals surface area contributed by atoms with Gasteiger partial charge in [-0.3, -0.25) is 14.5 Å². The molecular weight excluding hydrogens is 322 g/mol. The minimum atomic E-state index is -0.478. The van der Waals surface area contributed by atoms with Crippen LogP contribution in [0.5, 0.6) is 11.5 Å². The van der Waals surface area contributed by atoms with Gasteiger partial charge >= 0.3 is 6.03 Å². The fourth-order valence-corrected chi connectivity index (χ4v) is 2.43. The number of benzene rings is 2. The zero-order valence-electron chi connectivity index (χ0n) is 13.6. The number of anilines is 1. The van der Waals surface area contributed by atoms with E-state index >= 15 is 0 Å². The summed E-state index contributed by atoms with van der Waals surface area (Å²) < 4.78 is 5.77.